The van der Waals surface area contributed by atoms with Crippen LogP contribution in [0, 0.1) is 12.7 Å². The number of ether oxygens (including phenoxy) is 3. The van der Waals surface area contributed by atoms with Crippen LogP contribution in [0.15, 0.2) is 47.2 Å². The van der Waals surface area contributed by atoms with Crippen LogP contribution in [0.2, 0.25) is 0 Å². The summed E-state index contributed by atoms with van der Waals surface area (Å²) in [4.78, 5) is 25.3. The lowest BCUT2D eigenvalue weighted by molar-refractivity contribution is 0.102. The third-order valence-electron chi connectivity index (χ3n) is 4.85. The van der Waals surface area contributed by atoms with E-state index in [1.807, 2.05) is 0 Å². The maximum Gasteiger partial charge on any atom is 0.261 e. The van der Waals surface area contributed by atoms with Gasteiger partial charge in [0, 0.05) is 36.3 Å². The van der Waals surface area contributed by atoms with Gasteiger partial charge in [0.2, 0.25) is 0 Å². The highest BCUT2D eigenvalue weighted by Crippen LogP contribution is 2.35. The summed E-state index contributed by atoms with van der Waals surface area (Å²) in [5, 5.41) is 12.7. The Morgan fingerprint density at radius 2 is 1.88 bits per heavy atom. The molecule has 0 aliphatic rings. The average molecular weight is 529 g/mol. The second kappa shape index (κ2) is 9.48. The van der Waals surface area contributed by atoms with Crippen LogP contribution in [0.1, 0.15) is 16.1 Å². The summed E-state index contributed by atoms with van der Waals surface area (Å²) in [5.74, 6) is -0.833. The van der Waals surface area contributed by atoms with E-state index in [2.05, 4.69) is 36.2 Å². The number of aromatic hydroxyl groups is 1. The fraction of sp³-hybridized carbons (Fsp3) is 0.130. The smallest absolute Gasteiger partial charge is 0.261 e. The van der Waals surface area contributed by atoms with Crippen LogP contribution in [-0.2, 0) is 0 Å². The molecule has 0 aliphatic heterocycles. The normalized spacial score (nSPS) is 10.7. The standard InChI is InChI=1S/C23H18BrFN4O5/c1-11-19(21(30)13(24)10-27-11)22(31)28-12-4-5-16(14(25)8-12)34-17-6-7-26-15-9-18(32-2)23(33-3)29-20(15)17/h4-10H,1-3H3,(H,27,30)(H,28,31). The van der Waals surface area contributed by atoms with Crippen molar-refractivity contribution in [3.8, 4) is 28.9 Å². The molecule has 4 rings (SSSR count). The Bertz CT molecular complexity index is 1420. The highest BCUT2D eigenvalue weighted by atomic mass is 79.9. The van der Waals surface area contributed by atoms with Gasteiger partial charge in [0.15, 0.2) is 23.1 Å². The molecule has 0 saturated carbocycles. The number of methoxy groups -OCH3 is 2. The first-order valence-corrected chi connectivity index (χ1v) is 10.6. The number of aromatic nitrogens is 3. The quantitative estimate of drug-likeness (QED) is 0.359. The van der Waals surface area contributed by atoms with Gasteiger partial charge in [0.1, 0.15) is 16.8 Å². The molecule has 0 radical (unpaired) electrons. The number of hydrogen-bond acceptors (Lipinski definition) is 8. The lowest BCUT2D eigenvalue weighted by Gasteiger charge is -2.13. The Kier molecular flexibility index (Phi) is 6.46. The van der Waals surface area contributed by atoms with Crippen molar-refractivity contribution in [3.05, 3.63) is 64.3 Å². The van der Waals surface area contributed by atoms with E-state index in [-0.39, 0.29) is 38.9 Å². The Labute approximate surface area is 201 Å². The van der Waals surface area contributed by atoms with Gasteiger partial charge in [-0.1, -0.05) is 0 Å². The van der Waals surface area contributed by atoms with Gasteiger partial charge in [-0.3, -0.25) is 14.8 Å². The molecule has 2 N–H and O–H groups in total. The molecule has 9 nitrogen and oxygen atoms in total. The molecule has 34 heavy (non-hydrogen) atoms. The summed E-state index contributed by atoms with van der Waals surface area (Å²) < 4.78 is 31.3. The van der Waals surface area contributed by atoms with Crippen molar-refractivity contribution in [2.45, 2.75) is 6.92 Å². The predicted octanol–water partition coefficient (Wildman–Crippen LogP) is 5.00. The number of carbonyl (C=O) groups excluding carboxylic acids is 1. The van der Waals surface area contributed by atoms with Crippen LogP contribution in [0.5, 0.6) is 28.9 Å². The van der Waals surface area contributed by atoms with E-state index in [0.29, 0.717) is 22.5 Å². The molecule has 1 aromatic carbocycles. The molecule has 0 fully saturated rings. The third-order valence-corrected chi connectivity index (χ3v) is 5.43. The largest absolute Gasteiger partial charge is 0.506 e. The molecule has 0 atom stereocenters. The average Bonchev–Trinajstić information content (AvgIpc) is 2.82. The van der Waals surface area contributed by atoms with E-state index >= 15 is 0 Å². The molecule has 11 heteroatoms. The summed E-state index contributed by atoms with van der Waals surface area (Å²) in [6.07, 6.45) is 2.88. The molecule has 3 aromatic heterocycles. The van der Waals surface area contributed by atoms with Crippen molar-refractivity contribution in [3.63, 3.8) is 0 Å². The number of nitrogens with zero attached hydrogens (tertiary/aromatic N) is 3. The number of aryl methyl sites for hydroxylation is 1. The lowest BCUT2D eigenvalue weighted by atomic mass is 10.1. The number of carbonyl (C=O) groups is 1. The maximum absolute atomic E-state index is 14.8. The summed E-state index contributed by atoms with van der Waals surface area (Å²) in [6.45, 7) is 1.58. The van der Waals surface area contributed by atoms with Gasteiger partial charge in [-0.2, -0.15) is 0 Å². The summed E-state index contributed by atoms with van der Waals surface area (Å²) >= 11 is 3.13. The molecule has 1 amide bonds. The molecule has 0 unspecified atom stereocenters. The zero-order valence-corrected chi connectivity index (χ0v) is 19.8. The highest BCUT2D eigenvalue weighted by molar-refractivity contribution is 9.10. The molecule has 0 saturated heterocycles. The van der Waals surface area contributed by atoms with Gasteiger partial charge < -0.3 is 24.6 Å². The second-order valence-corrected chi connectivity index (χ2v) is 7.85. The molecule has 0 bridgehead atoms. The monoisotopic (exact) mass is 528 g/mol. The van der Waals surface area contributed by atoms with Gasteiger partial charge in [-0.15, -0.1) is 0 Å². The molecule has 4 aromatic rings. The number of halogens is 2. The Morgan fingerprint density at radius 1 is 1.09 bits per heavy atom. The van der Waals surface area contributed by atoms with Crippen LogP contribution in [-0.4, -0.2) is 40.2 Å². The zero-order valence-electron chi connectivity index (χ0n) is 18.2. The number of rotatable bonds is 6. The van der Waals surface area contributed by atoms with Gasteiger partial charge in [0.05, 0.1) is 29.9 Å². The van der Waals surface area contributed by atoms with Crippen LogP contribution < -0.4 is 19.5 Å². The van der Waals surface area contributed by atoms with Crippen LogP contribution >= 0.6 is 15.9 Å². The van der Waals surface area contributed by atoms with Crippen LogP contribution in [0.25, 0.3) is 11.0 Å². The Morgan fingerprint density at radius 3 is 2.59 bits per heavy atom. The fourth-order valence-corrected chi connectivity index (χ4v) is 3.50. The van der Waals surface area contributed by atoms with E-state index in [9.17, 15) is 14.3 Å². The highest BCUT2D eigenvalue weighted by Gasteiger charge is 2.19. The number of anilines is 1. The number of nitrogens with one attached hydrogen (secondary N) is 1. The lowest BCUT2D eigenvalue weighted by Crippen LogP contribution is -2.14. The van der Waals surface area contributed by atoms with Gasteiger partial charge in [0.25, 0.3) is 11.8 Å². The first-order chi connectivity index (χ1) is 16.3. The summed E-state index contributed by atoms with van der Waals surface area (Å²) in [5.41, 5.74) is 1.29. The second-order valence-electron chi connectivity index (χ2n) is 6.99. The van der Waals surface area contributed by atoms with Crippen LogP contribution in [0.3, 0.4) is 0 Å². The minimum atomic E-state index is -0.725. The number of hydrogen-bond donors (Lipinski definition) is 2. The molecule has 0 aliphatic carbocycles. The Balaban J connectivity index is 1.61. The zero-order chi connectivity index (χ0) is 24.4. The van der Waals surface area contributed by atoms with Gasteiger partial charge >= 0.3 is 0 Å². The third kappa shape index (κ3) is 4.42. The van der Waals surface area contributed by atoms with Crippen molar-refractivity contribution < 1.29 is 28.5 Å². The molecule has 174 valence electrons. The number of pyridine rings is 3. The number of amides is 1. The minimum Gasteiger partial charge on any atom is -0.506 e. The predicted molar refractivity (Wildman–Crippen MR) is 125 cm³/mol. The summed E-state index contributed by atoms with van der Waals surface area (Å²) in [7, 11) is 2.93. The van der Waals surface area contributed by atoms with Crippen molar-refractivity contribution >= 4 is 38.6 Å². The molecular weight excluding hydrogens is 511 g/mol. The van der Waals surface area contributed by atoms with E-state index in [4.69, 9.17) is 14.2 Å². The van der Waals surface area contributed by atoms with E-state index in [0.717, 1.165) is 6.07 Å². The minimum absolute atomic E-state index is 0.0196. The van der Waals surface area contributed by atoms with Crippen molar-refractivity contribution in [1.82, 2.24) is 15.0 Å². The molecule has 3 heterocycles. The van der Waals surface area contributed by atoms with E-state index in [1.165, 1.54) is 38.7 Å². The topological polar surface area (TPSA) is 116 Å². The SMILES string of the molecule is COc1cc2nccc(Oc3ccc(NC(=O)c4c(C)ncc(Br)c4O)cc3F)c2nc1OC. The molecule has 0 spiro atoms. The first kappa shape index (κ1) is 23.2. The van der Waals surface area contributed by atoms with Crippen molar-refractivity contribution in [2.75, 3.05) is 19.5 Å². The first-order valence-electron chi connectivity index (χ1n) is 9.83. The van der Waals surface area contributed by atoms with Gasteiger partial charge in [-0.05, 0) is 35.0 Å². The maximum atomic E-state index is 14.8. The summed E-state index contributed by atoms with van der Waals surface area (Å²) in [6, 6.07) is 7.11. The van der Waals surface area contributed by atoms with Crippen molar-refractivity contribution in [1.29, 1.82) is 0 Å². The fourth-order valence-electron chi connectivity index (χ4n) is 3.20. The number of fused-ring (bicyclic) bond motifs is 1. The van der Waals surface area contributed by atoms with E-state index in [1.54, 1.807) is 19.1 Å². The number of benzene rings is 1. The van der Waals surface area contributed by atoms with Crippen LogP contribution in [0.4, 0.5) is 10.1 Å². The van der Waals surface area contributed by atoms with Crippen molar-refractivity contribution in [2.24, 2.45) is 0 Å². The Hall–Kier alpha value is -3.99. The van der Waals surface area contributed by atoms with E-state index < -0.39 is 11.7 Å². The molecular formula is C23H18BrFN4O5. The van der Waals surface area contributed by atoms with Gasteiger partial charge in [-0.25, -0.2) is 9.37 Å².